The molecule has 2 N–H and O–H groups in total. The Morgan fingerprint density at radius 3 is 3.00 bits per heavy atom. The van der Waals surface area contributed by atoms with Gasteiger partial charge in [-0.25, -0.2) is 0 Å². The lowest BCUT2D eigenvalue weighted by molar-refractivity contribution is -0.112. The van der Waals surface area contributed by atoms with Gasteiger partial charge >= 0.3 is 0 Å². The van der Waals surface area contributed by atoms with Crippen molar-refractivity contribution >= 4 is 11.6 Å². The zero-order valence-electron chi connectivity index (χ0n) is 8.60. The van der Waals surface area contributed by atoms with E-state index >= 15 is 0 Å². The molecular weight excluding hydrogens is 196 g/mol. The van der Waals surface area contributed by atoms with E-state index in [0.29, 0.717) is 12.4 Å². The number of unbranched alkanes of at least 4 members (excludes halogenated alkanes) is 1. The highest BCUT2D eigenvalue weighted by Crippen LogP contribution is 2.03. The molecule has 1 amide bonds. The van der Waals surface area contributed by atoms with Gasteiger partial charge in [-0.3, -0.25) is 4.79 Å². The maximum atomic E-state index is 11.0. The molecule has 0 atom stereocenters. The molecule has 0 saturated heterocycles. The van der Waals surface area contributed by atoms with Crippen molar-refractivity contribution < 1.29 is 14.0 Å². The Morgan fingerprint density at radius 2 is 2.47 bits per heavy atom. The van der Waals surface area contributed by atoms with E-state index in [1.165, 1.54) is 6.26 Å². The zero-order valence-corrected chi connectivity index (χ0v) is 8.60. The lowest BCUT2D eigenvalue weighted by atomic mass is 10.3. The van der Waals surface area contributed by atoms with Gasteiger partial charge in [-0.15, -0.1) is 0 Å². The van der Waals surface area contributed by atoms with Crippen molar-refractivity contribution in [3.8, 4) is 0 Å². The Morgan fingerprint density at radius 1 is 1.67 bits per heavy atom. The molecule has 0 aliphatic carbocycles. The van der Waals surface area contributed by atoms with Gasteiger partial charge in [0.15, 0.2) is 5.76 Å². The van der Waals surface area contributed by atoms with Gasteiger partial charge in [0.25, 0.3) is 5.91 Å². The first kappa shape index (κ1) is 11.3. The number of oxime groups is 1. The van der Waals surface area contributed by atoms with Gasteiger partial charge in [0, 0.05) is 0 Å². The highest BCUT2D eigenvalue weighted by molar-refractivity contribution is 6.43. The number of nitrogens with two attached hydrogens (primary N) is 1. The summed E-state index contributed by atoms with van der Waals surface area (Å²) < 4.78 is 5.00. The van der Waals surface area contributed by atoms with Gasteiger partial charge in [0.1, 0.15) is 6.61 Å². The minimum absolute atomic E-state index is 0.0103. The number of furan rings is 1. The molecular formula is C10H14N2O3. The number of primary amides is 1. The number of rotatable bonds is 6. The SMILES string of the molecule is CCCCO/N=C(/C(N)=O)c1ccco1. The molecule has 0 spiro atoms. The summed E-state index contributed by atoms with van der Waals surface area (Å²) >= 11 is 0. The summed E-state index contributed by atoms with van der Waals surface area (Å²) in [6.07, 6.45) is 3.33. The first-order valence-electron chi connectivity index (χ1n) is 4.79. The summed E-state index contributed by atoms with van der Waals surface area (Å²) in [5, 5.41) is 3.65. The molecule has 0 radical (unpaired) electrons. The summed E-state index contributed by atoms with van der Waals surface area (Å²) in [6.45, 7) is 2.50. The fourth-order valence-corrected chi connectivity index (χ4v) is 0.944. The second kappa shape index (κ2) is 5.85. The zero-order chi connectivity index (χ0) is 11.1. The molecule has 0 bridgehead atoms. The average Bonchev–Trinajstić information content (AvgIpc) is 2.70. The quantitative estimate of drug-likeness (QED) is 0.436. The van der Waals surface area contributed by atoms with Crippen LogP contribution in [0.5, 0.6) is 0 Å². The highest BCUT2D eigenvalue weighted by atomic mass is 16.6. The van der Waals surface area contributed by atoms with E-state index < -0.39 is 5.91 Å². The molecule has 1 heterocycles. The lowest BCUT2D eigenvalue weighted by Gasteiger charge is -1.99. The number of amides is 1. The van der Waals surface area contributed by atoms with Gasteiger partial charge in [-0.1, -0.05) is 18.5 Å². The number of carbonyl (C=O) groups excluding carboxylic acids is 1. The Bertz CT molecular complexity index is 330. The molecule has 5 nitrogen and oxygen atoms in total. The first-order valence-corrected chi connectivity index (χ1v) is 4.79. The van der Waals surface area contributed by atoms with E-state index in [1.807, 2.05) is 6.92 Å². The summed E-state index contributed by atoms with van der Waals surface area (Å²) in [6, 6.07) is 3.26. The molecule has 15 heavy (non-hydrogen) atoms. The maximum absolute atomic E-state index is 11.0. The van der Waals surface area contributed by atoms with E-state index in [9.17, 15) is 4.79 Å². The van der Waals surface area contributed by atoms with Crippen molar-refractivity contribution in [1.82, 2.24) is 0 Å². The third-order valence-electron chi connectivity index (χ3n) is 1.73. The number of carbonyl (C=O) groups is 1. The number of nitrogens with zero attached hydrogens (tertiary/aromatic N) is 1. The van der Waals surface area contributed by atoms with Crippen LogP contribution in [0.4, 0.5) is 0 Å². The van der Waals surface area contributed by atoms with E-state index in [1.54, 1.807) is 12.1 Å². The van der Waals surface area contributed by atoms with Crippen LogP contribution in [0.3, 0.4) is 0 Å². The Balaban J connectivity index is 2.63. The van der Waals surface area contributed by atoms with E-state index in [-0.39, 0.29) is 5.71 Å². The lowest BCUT2D eigenvalue weighted by Crippen LogP contribution is -2.24. The summed E-state index contributed by atoms with van der Waals surface area (Å²) in [5.41, 5.74) is 5.14. The molecule has 0 aromatic carbocycles. The van der Waals surface area contributed by atoms with Crippen LogP contribution in [0.1, 0.15) is 25.5 Å². The standard InChI is InChI=1S/C10H14N2O3/c1-2-3-7-15-12-9(10(11)13)8-5-4-6-14-8/h4-6H,2-3,7H2,1H3,(H2,11,13)/b12-9+. The van der Waals surface area contributed by atoms with Crippen LogP contribution in [0, 0.1) is 0 Å². The van der Waals surface area contributed by atoms with Crippen LogP contribution in [0.2, 0.25) is 0 Å². The molecule has 5 heteroatoms. The molecule has 0 aliphatic heterocycles. The van der Waals surface area contributed by atoms with Gasteiger partial charge < -0.3 is 15.0 Å². The Labute approximate surface area is 87.9 Å². The van der Waals surface area contributed by atoms with Crippen LogP contribution >= 0.6 is 0 Å². The van der Waals surface area contributed by atoms with Crippen molar-refractivity contribution in [3.05, 3.63) is 24.2 Å². The predicted octanol–water partition coefficient (Wildman–Crippen LogP) is 1.29. The molecule has 0 aliphatic rings. The fraction of sp³-hybridized carbons (Fsp3) is 0.400. The van der Waals surface area contributed by atoms with Crippen LogP contribution in [-0.2, 0) is 9.63 Å². The smallest absolute Gasteiger partial charge is 0.274 e. The van der Waals surface area contributed by atoms with Crippen LogP contribution < -0.4 is 5.73 Å². The third-order valence-corrected chi connectivity index (χ3v) is 1.73. The molecule has 0 saturated carbocycles. The Kier molecular flexibility index (Phi) is 4.40. The molecule has 82 valence electrons. The van der Waals surface area contributed by atoms with Gasteiger partial charge in [-0.2, -0.15) is 0 Å². The van der Waals surface area contributed by atoms with Crippen molar-refractivity contribution in [2.24, 2.45) is 10.9 Å². The third kappa shape index (κ3) is 3.46. The van der Waals surface area contributed by atoms with Gasteiger partial charge in [0.2, 0.25) is 5.71 Å². The molecule has 0 fully saturated rings. The van der Waals surface area contributed by atoms with Crippen LogP contribution in [-0.4, -0.2) is 18.2 Å². The maximum Gasteiger partial charge on any atom is 0.274 e. The van der Waals surface area contributed by atoms with Gasteiger partial charge in [-0.05, 0) is 18.6 Å². The normalized spacial score (nSPS) is 11.4. The van der Waals surface area contributed by atoms with E-state index in [0.717, 1.165) is 12.8 Å². The number of hydrogen-bond donors (Lipinski definition) is 1. The Hall–Kier alpha value is -1.78. The average molecular weight is 210 g/mol. The first-order chi connectivity index (χ1) is 7.25. The molecule has 1 aromatic heterocycles. The number of hydrogen-bond acceptors (Lipinski definition) is 4. The second-order valence-corrected chi connectivity index (χ2v) is 2.97. The topological polar surface area (TPSA) is 77.8 Å². The van der Waals surface area contributed by atoms with E-state index in [4.69, 9.17) is 15.0 Å². The van der Waals surface area contributed by atoms with Crippen molar-refractivity contribution in [2.75, 3.05) is 6.61 Å². The summed E-state index contributed by atoms with van der Waals surface area (Å²) in [4.78, 5) is 16.0. The fourth-order valence-electron chi connectivity index (χ4n) is 0.944. The minimum Gasteiger partial charge on any atom is -0.462 e. The molecule has 0 unspecified atom stereocenters. The second-order valence-electron chi connectivity index (χ2n) is 2.97. The summed E-state index contributed by atoms with van der Waals surface area (Å²) in [5.74, 6) is -0.347. The molecule has 1 aromatic rings. The van der Waals surface area contributed by atoms with Crippen LogP contribution in [0.25, 0.3) is 0 Å². The van der Waals surface area contributed by atoms with Crippen molar-refractivity contribution in [2.45, 2.75) is 19.8 Å². The van der Waals surface area contributed by atoms with Gasteiger partial charge in [0.05, 0.1) is 6.26 Å². The summed E-state index contributed by atoms with van der Waals surface area (Å²) in [7, 11) is 0. The predicted molar refractivity (Wildman–Crippen MR) is 55.3 cm³/mol. The highest BCUT2D eigenvalue weighted by Gasteiger charge is 2.13. The largest absolute Gasteiger partial charge is 0.462 e. The van der Waals surface area contributed by atoms with Crippen LogP contribution in [0.15, 0.2) is 28.0 Å². The minimum atomic E-state index is -0.665. The van der Waals surface area contributed by atoms with Crippen molar-refractivity contribution in [3.63, 3.8) is 0 Å². The molecule has 1 rings (SSSR count). The van der Waals surface area contributed by atoms with E-state index in [2.05, 4.69) is 5.16 Å². The monoisotopic (exact) mass is 210 g/mol. The van der Waals surface area contributed by atoms with Crippen molar-refractivity contribution in [1.29, 1.82) is 0 Å².